The maximum Gasteiger partial charge on any atom is 0.330 e. The van der Waals surface area contributed by atoms with Crippen LogP contribution in [0.15, 0.2) is 66.9 Å². The van der Waals surface area contributed by atoms with Crippen LogP contribution < -0.4 is 10.6 Å². The Labute approximate surface area is 228 Å². The van der Waals surface area contributed by atoms with Crippen LogP contribution in [-0.4, -0.2) is 52.5 Å². The molecule has 2 fully saturated rings. The number of hydrogen-bond acceptors (Lipinski definition) is 4. The molecule has 202 valence electrons. The van der Waals surface area contributed by atoms with Crippen molar-refractivity contribution in [2.45, 2.75) is 50.6 Å². The zero-order chi connectivity index (χ0) is 26.9. The predicted molar refractivity (Wildman–Crippen MR) is 148 cm³/mol. The summed E-state index contributed by atoms with van der Waals surface area (Å²) in [5, 5.41) is 5.81. The van der Waals surface area contributed by atoms with Gasteiger partial charge in [-0.1, -0.05) is 36.4 Å². The number of nitrogens with one attached hydrogen (secondary N) is 2. The van der Waals surface area contributed by atoms with Gasteiger partial charge in [-0.25, -0.2) is 18.9 Å². The van der Waals surface area contributed by atoms with Crippen molar-refractivity contribution in [1.29, 1.82) is 0 Å². The quantitative estimate of drug-likeness (QED) is 0.438. The number of carbonyl (C=O) groups excluding carboxylic acids is 2. The van der Waals surface area contributed by atoms with Gasteiger partial charge in [0.25, 0.3) is 0 Å². The molecule has 3 aromatic rings. The zero-order valence-electron chi connectivity index (χ0n) is 22.1. The van der Waals surface area contributed by atoms with E-state index in [0.29, 0.717) is 41.2 Å². The molecule has 2 aromatic carbocycles. The fourth-order valence-corrected chi connectivity index (χ4v) is 6.31. The van der Waals surface area contributed by atoms with E-state index in [1.54, 1.807) is 25.1 Å². The number of rotatable bonds is 5. The Morgan fingerprint density at radius 3 is 2.56 bits per heavy atom. The molecule has 2 aliphatic heterocycles. The van der Waals surface area contributed by atoms with Gasteiger partial charge in [-0.2, -0.15) is 0 Å². The van der Waals surface area contributed by atoms with Crippen molar-refractivity contribution in [3.63, 3.8) is 0 Å². The van der Waals surface area contributed by atoms with Crippen molar-refractivity contribution in [3.8, 4) is 0 Å². The molecule has 0 spiro atoms. The Morgan fingerprint density at radius 2 is 1.82 bits per heavy atom. The van der Waals surface area contributed by atoms with Gasteiger partial charge in [-0.05, 0) is 68.0 Å². The number of likely N-dealkylation sites (tertiary alicyclic amines) is 1. The van der Waals surface area contributed by atoms with Crippen LogP contribution in [0.4, 0.5) is 19.7 Å². The van der Waals surface area contributed by atoms with Crippen LogP contribution >= 0.6 is 0 Å². The molecule has 0 bridgehead atoms. The summed E-state index contributed by atoms with van der Waals surface area (Å²) in [4.78, 5) is 34.7. The fraction of sp³-hybridized carbons (Fsp3) is 0.387. The minimum absolute atomic E-state index is 0.345. The summed E-state index contributed by atoms with van der Waals surface area (Å²) in [7, 11) is 0. The summed E-state index contributed by atoms with van der Waals surface area (Å²) < 4.78 is 14.5. The largest absolute Gasteiger partial charge is 0.337 e. The van der Waals surface area contributed by atoms with E-state index in [1.165, 1.54) is 29.5 Å². The topological polar surface area (TPSA) is 77.6 Å². The number of pyridine rings is 1. The summed E-state index contributed by atoms with van der Waals surface area (Å²) in [6.45, 7) is 4.08. The van der Waals surface area contributed by atoms with E-state index >= 15 is 0 Å². The molecular formula is C31H34FN5O2. The third kappa shape index (κ3) is 5.13. The number of carbonyl (C=O) groups is 2. The number of urea groups is 2. The molecule has 1 saturated heterocycles. The lowest BCUT2D eigenvalue weighted by Crippen LogP contribution is -2.57. The van der Waals surface area contributed by atoms with Crippen LogP contribution in [0.25, 0.3) is 0 Å². The number of imide groups is 1. The molecule has 1 aromatic heterocycles. The van der Waals surface area contributed by atoms with E-state index in [4.69, 9.17) is 0 Å². The average Bonchev–Trinajstić information content (AvgIpc) is 2.93. The normalized spacial score (nSPS) is 23.5. The molecule has 3 heterocycles. The maximum atomic E-state index is 14.5. The minimum Gasteiger partial charge on any atom is -0.337 e. The highest BCUT2D eigenvalue weighted by Gasteiger charge is 2.39. The number of aromatic nitrogens is 1. The highest BCUT2D eigenvalue weighted by Crippen LogP contribution is 2.39. The predicted octanol–water partition coefficient (Wildman–Crippen LogP) is 5.83. The van der Waals surface area contributed by atoms with E-state index < -0.39 is 18.1 Å². The average molecular weight is 528 g/mol. The standard InChI is InChI=1S/C31H34FN5O2/c1-20-9-10-23(16-26(20)32)29-25-6-2-3-8-28(25)35-31(39)37(29)30(38)34-17-21-18-36(19-21)24-13-11-22(12-14-24)27-7-4-5-15-33-27/h2-10,15-16,21-22,24,29H,11-14,17-19H2,1H3,(H,34,38)(H,35,39). The minimum atomic E-state index is -0.711. The highest BCUT2D eigenvalue weighted by atomic mass is 19.1. The van der Waals surface area contributed by atoms with Gasteiger partial charge in [0, 0.05) is 60.7 Å². The smallest absolute Gasteiger partial charge is 0.330 e. The summed E-state index contributed by atoms with van der Waals surface area (Å²) in [5.41, 5.74) is 3.67. The summed E-state index contributed by atoms with van der Waals surface area (Å²) in [6, 6.07) is 17.3. The molecule has 4 amide bonds. The van der Waals surface area contributed by atoms with E-state index in [1.807, 2.05) is 30.5 Å². The van der Waals surface area contributed by atoms with Crippen molar-refractivity contribution < 1.29 is 14.0 Å². The molecule has 3 aliphatic rings. The second kappa shape index (κ2) is 10.8. The van der Waals surface area contributed by atoms with E-state index in [-0.39, 0.29) is 5.82 Å². The molecule has 1 unspecified atom stereocenters. The molecule has 1 atom stereocenters. The molecule has 1 saturated carbocycles. The first-order chi connectivity index (χ1) is 19.0. The summed E-state index contributed by atoms with van der Waals surface area (Å²) in [5.74, 6) is 0.535. The zero-order valence-corrected chi connectivity index (χ0v) is 22.1. The second-order valence-electron chi connectivity index (χ2n) is 11.1. The van der Waals surface area contributed by atoms with E-state index in [2.05, 4.69) is 32.7 Å². The molecule has 0 radical (unpaired) electrons. The van der Waals surface area contributed by atoms with Crippen LogP contribution in [-0.2, 0) is 0 Å². The number of benzene rings is 2. The van der Waals surface area contributed by atoms with Crippen LogP contribution in [0.2, 0.25) is 0 Å². The molecule has 8 heteroatoms. The molecule has 1 aliphatic carbocycles. The molecule has 2 N–H and O–H groups in total. The fourth-order valence-electron chi connectivity index (χ4n) is 6.31. The number of aryl methyl sites for hydroxylation is 1. The highest BCUT2D eigenvalue weighted by molar-refractivity contribution is 6.04. The van der Waals surface area contributed by atoms with Gasteiger partial charge in [-0.3, -0.25) is 9.88 Å². The Balaban J connectivity index is 1.07. The van der Waals surface area contributed by atoms with Gasteiger partial charge in [-0.15, -0.1) is 0 Å². The van der Waals surface area contributed by atoms with Crippen molar-refractivity contribution in [2.75, 3.05) is 25.0 Å². The monoisotopic (exact) mass is 527 g/mol. The first-order valence-corrected chi connectivity index (χ1v) is 13.9. The van der Waals surface area contributed by atoms with Crippen LogP contribution in [0.5, 0.6) is 0 Å². The Morgan fingerprint density at radius 1 is 1.05 bits per heavy atom. The number of fused-ring (bicyclic) bond motifs is 1. The maximum absolute atomic E-state index is 14.5. The van der Waals surface area contributed by atoms with Crippen LogP contribution in [0.3, 0.4) is 0 Å². The second-order valence-corrected chi connectivity index (χ2v) is 11.1. The lowest BCUT2D eigenvalue weighted by Gasteiger charge is -2.47. The lowest BCUT2D eigenvalue weighted by molar-refractivity contribution is 0.0333. The Kier molecular flexibility index (Phi) is 7.04. The van der Waals surface area contributed by atoms with Crippen molar-refractivity contribution in [1.82, 2.24) is 20.1 Å². The number of nitrogens with zero attached hydrogens (tertiary/aromatic N) is 3. The van der Waals surface area contributed by atoms with Crippen molar-refractivity contribution in [3.05, 3.63) is 95.1 Å². The van der Waals surface area contributed by atoms with Crippen LogP contribution in [0, 0.1) is 18.7 Å². The third-order valence-electron chi connectivity index (χ3n) is 8.55. The number of para-hydroxylation sites is 1. The number of hydrogen-bond donors (Lipinski definition) is 2. The first kappa shape index (κ1) is 25.5. The third-order valence-corrected chi connectivity index (χ3v) is 8.55. The summed E-state index contributed by atoms with van der Waals surface area (Å²) >= 11 is 0. The van der Waals surface area contributed by atoms with Crippen molar-refractivity contribution in [2.24, 2.45) is 5.92 Å². The summed E-state index contributed by atoms with van der Waals surface area (Å²) in [6.07, 6.45) is 6.53. The van der Waals surface area contributed by atoms with E-state index in [0.717, 1.165) is 31.5 Å². The lowest BCUT2D eigenvalue weighted by atomic mass is 9.81. The molecule has 39 heavy (non-hydrogen) atoms. The van der Waals surface area contributed by atoms with Crippen LogP contribution in [0.1, 0.15) is 60.0 Å². The first-order valence-electron chi connectivity index (χ1n) is 13.9. The van der Waals surface area contributed by atoms with Gasteiger partial charge >= 0.3 is 12.1 Å². The molecular weight excluding hydrogens is 493 g/mol. The number of amides is 4. The Bertz CT molecular complexity index is 1350. The van der Waals surface area contributed by atoms with Crippen molar-refractivity contribution >= 4 is 17.7 Å². The van der Waals surface area contributed by atoms with Gasteiger partial charge in [0.15, 0.2) is 0 Å². The van der Waals surface area contributed by atoms with Gasteiger partial charge < -0.3 is 10.6 Å². The van der Waals surface area contributed by atoms with E-state index in [9.17, 15) is 14.0 Å². The molecule has 7 nitrogen and oxygen atoms in total. The van der Waals surface area contributed by atoms with Gasteiger partial charge in [0.2, 0.25) is 0 Å². The number of anilines is 1. The van der Waals surface area contributed by atoms with Gasteiger partial charge in [0.05, 0.1) is 6.04 Å². The molecule has 6 rings (SSSR count). The SMILES string of the molecule is Cc1ccc(C2c3ccccc3NC(=O)N2C(=O)NCC2CN(C3CCC(c4ccccn4)CC3)C2)cc1F. The Hall–Kier alpha value is -3.78. The number of halogens is 1. The van der Waals surface area contributed by atoms with Gasteiger partial charge in [0.1, 0.15) is 5.82 Å².